The third-order valence-electron chi connectivity index (χ3n) is 3.56. The third-order valence-corrected chi connectivity index (χ3v) is 3.56. The first-order valence-electron chi connectivity index (χ1n) is 6.19. The van der Waals surface area contributed by atoms with Gasteiger partial charge in [-0.25, -0.2) is 0 Å². The summed E-state index contributed by atoms with van der Waals surface area (Å²) in [5, 5.41) is 3.01. The molecule has 2 rings (SSSR count). The van der Waals surface area contributed by atoms with Crippen LogP contribution in [0.5, 0.6) is 0 Å². The lowest BCUT2D eigenvalue weighted by Gasteiger charge is -2.24. The van der Waals surface area contributed by atoms with Gasteiger partial charge in [0.2, 0.25) is 5.91 Å². The highest BCUT2D eigenvalue weighted by atomic mass is 35.5. The molecule has 1 aromatic carbocycles. The lowest BCUT2D eigenvalue weighted by atomic mass is 10.1. The molecule has 0 heterocycles. The van der Waals surface area contributed by atoms with Crippen LogP contribution < -0.4 is 5.32 Å². The highest BCUT2D eigenvalue weighted by Gasteiger charge is 2.26. The Morgan fingerprint density at radius 2 is 1.89 bits per heavy atom. The number of halogens is 1. The van der Waals surface area contributed by atoms with E-state index in [1.54, 1.807) is 0 Å². The fourth-order valence-corrected chi connectivity index (χ4v) is 2.42. The molecule has 0 aliphatic heterocycles. The zero-order valence-electron chi connectivity index (χ0n) is 11.0. The molecule has 0 radical (unpaired) electrons. The number of benzene rings is 1. The van der Waals surface area contributed by atoms with Crippen LogP contribution in [0, 0.1) is 0 Å². The minimum absolute atomic E-state index is 0. The van der Waals surface area contributed by atoms with Crippen molar-refractivity contribution in [2.75, 3.05) is 20.6 Å². The number of rotatable bonds is 4. The number of likely N-dealkylation sites (N-methyl/N-ethyl adjacent to an activating group) is 1. The maximum Gasteiger partial charge on any atom is 0.223 e. The van der Waals surface area contributed by atoms with Gasteiger partial charge in [0.05, 0.1) is 0 Å². The van der Waals surface area contributed by atoms with Crippen molar-refractivity contribution in [3.8, 4) is 0 Å². The van der Waals surface area contributed by atoms with Gasteiger partial charge in [-0.05, 0) is 31.0 Å². The average molecular weight is 269 g/mol. The van der Waals surface area contributed by atoms with Crippen LogP contribution in [0.3, 0.4) is 0 Å². The average Bonchev–Trinajstić information content (AvgIpc) is 2.78. The molecule has 1 aromatic rings. The van der Waals surface area contributed by atoms with Crippen LogP contribution in [0.15, 0.2) is 24.3 Å². The van der Waals surface area contributed by atoms with Crippen molar-refractivity contribution in [3.63, 3.8) is 0 Å². The van der Waals surface area contributed by atoms with Crippen LogP contribution in [-0.2, 0) is 17.6 Å². The van der Waals surface area contributed by atoms with Crippen molar-refractivity contribution in [1.82, 2.24) is 10.2 Å². The number of nitrogens with one attached hydrogen (secondary N) is 1. The quantitative estimate of drug-likeness (QED) is 0.901. The number of carbonyl (C=O) groups is 1. The van der Waals surface area contributed by atoms with Crippen molar-refractivity contribution in [3.05, 3.63) is 35.4 Å². The number of nitrogens with zero attached hydrogens (tertiary/aromatic N) is 1. The summed E-state index contributed by atoms with van der Waals surface area (Å²) in [7, 11) is 3.80. The van der Waals surface area contributed by atoms with Crippen LogP contribution in [0.2, 0.25) is 0 Å². The summed E-state index contributed by atoms with van der Waals surface area (Å²) in [6.07, 6.45) is 2.58. The molecule has 1 aliphatic rings. The van der Waals surface area contributed by atoms with E-state index in [9.17, 15) is 4.79 Å². The van der Waals surface area contributed by atoms with Crippen LogP contribution in [0.1, 0.15) is 17.5 Å². The van der Waals surface area contributed by atoms with Gasteiger partial charge >= 0.3 is 0 Å². The van der Waals surface area contributed by atoms with Gasteiger partial charge in [0, 0.05) is 26.1 Å². The van der Waals surface area contributed by atoms with Crippen LogP contribution in [0.4, 0.5) is 0 Å². The van der Waals surface area contributed by atoms with Crippen molar-refractivity contribution >= 4 is 18.3 Å². The van der Waals surface area contributed by atoms with Crippen LogP contribution >= 0.6 is 12.4 Å². The number of hydrogen-bond acceptors (Lipinski definition) is 2. The molecular weight excluding hydrogens is 248 g/mol. The van der Waals surface area contributed by atoms with E-state index in [0.717, 1.165) is 19.4 Å². The highest BCUT2D eigenvalue weighted by molar-refractivity contribution is 5.85. The molecule has 1 N–H and O–H groups in total. The first-order chi connectivity index (χ1) is 8.22. The van der Waals surface area contributed by atoms with E-state index in [0.29, 0.717) is 12.5 Å². The molecule has 100 valence electrons. The van der Waals surface area contributed by atoms with Crippen molar-refractivity contribution in [1.29, 1.82) is 0 Å². The Bertz CT molecular complexity index is 384. The minimum Gasteiger partial charge on any atom is -0.342 e. The SMILES string of the molecule is CNCCC(=O)N(C)C1Cc2ccccc2C1.Cl. The molecule has 0 saturated carbocycles. The summed E-state index contributed by atoms with van der Waals surface area (Å²) in [4.78, 5) is 13.8. The van der Waals surface area contributed by atoms with Crippen molar-refractivity contribution in [2.24, 2.45) is 0 Å². The lowest BCUT2D eigenvalue weighted by Crippen LogP contribution is -2.38. The molecule has 4 heteroatoms. The van der Waals surface area contributed by atoms with Crippen molar-refractivity contribution in [2.45, 2.75) is 25.3 Å². The Labute approximate surface area is 115 Å². The summed E-state index contributed by atoms with van der Waals surface area (Å²) >= 11 is 0. The van der Waals surface area contributed by atoms with Gasteiger partial charge < -0.3 is 10.2 Å². The third kappa shape index (κ3) is 3.24. The molecule has 1 amide bonds. The second-order valence-corrected chi connectivity index (χ2v) is 4.69. The summed E-state index contributed by atoms with van der Waals surface area (Å²) in [5.74, 6) is 0.233. The molecule has 0 aromatic heterocycles. The van der Waals surface area contributed by atoms with Gasteiger partial charge in [-0.1, -0.05) is 24.3 Å². The summed E-state index contributed by atoms with van der Waals surface area (Å²) in [6.45, 7) is 0.753. The number of fused-ring (bicyclic) bond motifs is 1. The Kier molecular flexibility index (Phi) is 5.63. The minimum atomic E-state index is 0. The zero-order chi connectivity index (χ0) is 12.3. The largest absolute Gasteiger partial charge is 0.342 e. The fourth-order valence-electron chi connectivity index (χ4n) is 2.42. The second kappa shape index (κ2) is 6.76. The molecule has 0 bridgehead atoms. The normalized spacial score (nSPS) is 13.9. The van der Waals surface area contributed by atoms with Crippen molar-refractivity contribution < 1.29 is 4.79 Å². The highest BCUT2D eigenvalue weighted by Crippen LogP contribution is 2.24. The molecular formula is C14H21ClN2O. The second-order valence-electron chi connectivity index (χ2n) is 4.69. The first-order valence-corrected chi connectivity index (χ1v) is 6.19. The van der Waals surface area contributed by atoms with E-state index in [-0.39, 0.29) is 18.3 Å². The van der Waals surface area contributed by atoms with Gasteiger partial charge in [0.1, 0.15) is 0 Å². The van der Waals surface area contributed by atoms with Gasteiger partial charge in [0.25, 0.3) is 0 Å². The maximum atomic E-state index is 11.9. The molecule has 18 heavy (non-hydrogen) atoms. The van der Waals surface area contributed by atoms with E-state index in [2.05, 4.69) is 29.6 Å². The summed E-state index contributed by atoms with van der Waals surface area (Å²) in [6, 6.07) is 8.83. The van der Waals surface area contributed by atoms with E-state index < -0.39 is 0 Å². The van der Waals surface area contributed by atoms with E-state index >= 15 is 0 Å². The molecule has 3 nitrogen and oxygen atoms in total. The fraction of sp³-hybridized carbons (Fsp3) is 0.500. The Balaban J connectivity index is 0.00000162. The molecule has 0 atom stereocenters. The van der Waals surface area contributed by atoms with Gasteiger partial charge in [-0.15, -0.1) is 12.4 Å². The zero-order valence-corrected chi connectivity index (χ0v) is 11.8. The van der Waals surface area contributed by atoms with Gasteiger partial charge in [-0.2, -0.15) is 0 Å². The number of amides is 1. The van der Waals surface area contributed by atoms with E-state index in [1.807, 2.05) is 19.0 Å². The predicted octanol–water partition coefficient (Wildman–Crippen LogP) is 1.64. The predicted molar refractivity (Wildman–Crippen MR) is 76.2 cm³/mol. The number of hydrogen-bond donors (Lipinski definition) is 1. The standard InChI is InChI=1S/C14H20N2O.ClH/c1-15-8-7-14(17)16(2)13-9-11-5-3-4-6-12(11)10-13;/h3-6,13,15H,7-10H2,1-2H3;1H. The monoisotopic (exact) mass is 268 g/mol. The molecule has 1 aliphatic carbocycles. The molecule has 0 spiro atoms. The van der Waals surface area contributed by atoms with Gasteiger partial charge in [-0.3, -0.25) is 4.79 Å². The number of carbonyl (C=O) groups excluding carboxylic acids is 1. The summed E-state index contributed by atoms with van der Waals surface area (Å²) < 4.78 is 0. The Hall–Kier alpha value is -1.06. The summed E-state index contributed by atoms with van der Waals surface area (Å²) in [5.41, 5.74) is 2.79. The lowest BCUT2D eigenvalue weighted by molar-refractivity contribution is -0.131. The molecule has 0 unspecified atom stereocenters. The van der Waals surface area contributed by atoms with Crippen LogP contribution in [0.25, 0.3) is 0 Å². The van der Waals surface area contributed by atoms with E-state index in [4.69, 9.17) is 0 Å². The molecule has 0 fully saturated rings. The maximum absolute atomic E-state index is 11.9. The Morgan fingerprint density at radius 1 is 1.33 bits per heavy atom. The molecule has 0 saturated heterocycles. The van der Waals surface area contributed by atoms with Gasteiger partial charge in [0.15, 0.2) is 0 Å². The van der Waals surface area contributed by atoms with Crippen LogP contribution in [-0.4, -0.2) is 37.5 Å². The first kappa shape index (κ1) is 15.0. The Morgan fingerprint density at radius 3 is 2.39 bits per heavy atom. The smallest absolute Gasteiger partial charge is 0.223 e. The van der Waals surface area contributed by atoms with E-state index in [1.165, 1.54) is 11.1 Å². The topological polar surface area (TPSA) is 32.3 Å².